The molecule has 32 heavy (non-hydrogen) atoms. The molecule has 2 unspecified atom stereocenters. The zero-order valence-electron chi connectivity index (χ0n) is 19.3. The van der Waals surface area contributed by atoms with Crippen LogP contribution in [-0.4, -0.2) is 26.0 Å². The second-order valence-electron chi connectivity index (χ2n) is 7.90. The monoisotopic (exact) mass is 485 g/mol. The van der Waals surface area contributed by atoms with Crippen LogP contribution in [0.3, 0.4) is 0 Å². The number of hydrogen-bond acceptors (Lipinski definition) is 3. The second kappa shape index (κ2) is 12.9. The van der Waals surface area contributed by atoms with Crippen molar-refractivity contribution in [1.82, 2.24) is 4.72 Å². The van der Waals surface area contributed by atoms with Gasteiger partial charge in [0.05, 0.1) is 4.90 Å². The van der Waals surface area contributed by atoms with Crippen molar-refractivity contribution in [2.45, 2.75) is 49.3 Å². The normalized spacial score (nSPS) is 17.8. The first-order valence-electron chi connectivity index (χ1n) is 10.6. The van der Waals surface area contributed by atoms with Crippen molar-refractivity contribution < 1.29 is 49.3 Å². The maximum atomic E-state index is 12.6. The Balaban J connectivity index is 0.00000272. The summed E-state index contributed by atoms with van der Waals surface area (Å²) in [5, 5.41) is 9.22. The number of benzene rings is 2. The third-order valence-electron chi connectivity index (χ3n) is 5.74. The topological polar surface area (TPSA) is 83.5 Å². The van der Waals surface area contributed by atoms with Crippen molar-refractivity contribution in [3.05, 3.63) is 76.8 Å². The molecule has 3 rings (SSSR count). The average Bonchev–Trinajstić information content (AvgIpc) is 3.08. The Morgan fingerprint density at radius 2 is 1.88 bits per heavy atom. The van der Waals surface area contributed by atoms with E-state index in [0.29, 0.717) is 23.9 Å². The molecule has 0 aromatic heterocycles. The molecular formula is C24H29ClNNaO4S. The largest absolute Gasteiger partial charge is 1.00 e. The molecule has 2 atom stereocenters. The second-order valence-corrected chi connectivity index (χ2v) is 10.1. The summed E-state index contributed by atoms with van der Waals surface area (Å²) in [6.45, 7) is 0.364. The van der Waals surface area contributed by atoms with Gasteiger partial charge in [-0.05, 0) is 79.3 Å². The summed E-state index contributed by atoms with van der Waals surface area (Å²) in [5.74, 6) is -0.0679. The predicted molar refractivity (Wildman–Crippen MR) is 124 cm³/mol. The standard InChI is InChI=1S/C24H28ClNO4S.Na.H/c25-20-11-13-21(14-12-20)31(29,30)26-16-15-23-19(7-3-1-2-4-10-24(27)28)17-18-8-5-6-9-22(18)23;;/h1,3,5-6,8-9,11-14,19,23,26H,2,4,7,10,15-17H2,(H,27,28);;/q;+1;-1/b3-1-;;. The quantitative estimate of drug-likeness (QED) is 0.290. The minimum absolute atomic E-state index is 0. The van der Waals surface area contributed by atoms with E-state index in [1.807, 2.05) is 12.1 Å². The molecule has 0 bridgehead atoms. The van der Waals surface area contributed by atoms with Crippen molar-refractivity contribution in [3.8, 4) is 0 Å². The van der Waals surface area contributed by atoms with E-state index >= 15 is 0 Å². The number of carbonyl (C=O) groups is 1. The van der Waals surface area contributed by atoms with Crippen LogP contribution in [0.5, 0.6) is 0 Å². The molecule has 0 heterocycles. The molecule has 0 saturated carbocycles. The van der Waals surface area contributed by atoms with Crippen LogP contribution in [0, 0.1) is 5.92 Å². The zero-order valence-corrected chi connectivity index (χ0v) is 21.9. The minimum Gasteiger partial charge on any atom is -1.00 e. The van der Waals surface area contributed by atoms with Gasteiger partial charge in [-0.1, -0.05) is 48.0 Å². The van der Waals surface area contributed by atoms with E-state index in [2.05, 4.69) is 29.0 Å². The van der Waals surface area contributed by atoms with Gasteiger partial charge in [-0.15, -0.1) is 0 Å². The predicted octanol–water partition coefficient (Wildman–Crippen LogP) is 2.28. The summed E-state index contributed by atoms with van der Waals surface area (Å²) in [6.07, 6.45) is 8.40. The minimum atomic E-state index is -3.57. The first kappa shape index (κ1) is 27.1. The van der Waals surface area contributed by atoms with Gasteiger partial charge in [-0.2, -0.15) is 0 Å². The summed E-state index contributed by atoms with van der Waals surface area (Å²) in [5.41, 5.74) is 2.63. The van der Waals surface area contributed by atoms with Gasteiger partial charge < -0.3 is 6.53 Å². The van der Waals surface area contributed by atoms with Crippen molar-refractivity contribution >= 4 is 27.6 Å². The van der Waals surface area contributed by atoms with Gasteiger partial charge in [-0.25, -0.2) is 13.1 Å². The van der Waals surface area contributed by atoms with Crippen LogP contribution in [-0.2, 0) is 21.2 Å². The number of aliphatic carboxylic acids is 1. The summed E-state index contributed by atoms with van der Waals surface area (Å²) >= 11 is 5.85. The van der Waals surface area contributed by atoms with Crippen molar-refractivity contribution in [1.29, 1.82) is 0 Å². The van der Waals surface area contributed by atoms with Crippen molar-refractivity contribution in [3.63, 3.8) is 0 Å². The molecular weight excluding hydrogens is 457 g/mol. The number of carboxylic acid groups (broad SMARTS) is 1. The van der Waals surface area contributed by atoms with Crippen LogP contribution in [0.1, 0.15) is 50.6 Å². The first-order valence-corrected chi connectivity index (χ1v) is 12.4. The molecule has 0 amide bonds. The SMILES string of the molecule is O=C(O)CCC/C=C\CC1Cc2ccccc2C1CCNS(=O)(=O)c1ccc(Cl)cc1.[H-].[Na+]. The number of rotatable bonds is 11. The van der Waals surface area contributed by atoms with Crippen LogP contribution in [0.25, 0.3) is 0 Å². The van der Waals surface area contributed by atoms with Gasteiger partial charge in [-0.3, -0.25) is 4.79 Å². The fraction of sp³-hybridized carbons (Fsp3) is 0.375. The molecule has 5 nitrogen and oxygen atoms in total. The van der Waals surface area contributed by atoms with Gasteiger partial charge in [0.1, 0.15) is 0 Å². The van der Waals surface area contributed by atoms with E-state index in [1.54, 1.807) is 12.1 Å². The van der Waals surface area contributed by atoms with Gasteiger partial charge >= 0.3 is 35.5 Å². The number of unbranched alkanes of at least 4 members (excludes halogenated alkanes) is 1. The van der Waals surface area contributed by atoms with Gasteiger partial charge in [0, 0.05) is 18.0 Å². The fourth-order valence-electron chi connectivity index (χ4n) is 4.21. The van der Waals surface area contributed by atoms with E-state index < -0.39 is 16.0 Å². The molecule has 0 radical (unpaired) electrons. The zero-order chi connectivity index (χ0) is 22.3. The molecule has 0 fully saturated rings. The van der Waals surface area contributed by atoms with E-state index in [9.17, 15) is 13.2 Å². The molecule has 0 spiro atoms. The van der Waals surface area contributed by atoms with E-state index in [0.717, 1.165) is 25.7 Å². The van der Waals surface area contributed by atoms with Crippen LogP contribution in [0.15, 0.2) is 65.6 Å². The Kier molecular flexibility index (Phi) is 10.9. The molecule has 2 N–H and O–H groups in total. The molecule has 2 aromatic rings. The Labute approximate surface area is 219 Å². The van der Waals surface area contributed by atoms with Crippen molar-refractivity contribution in [2.24, 2.45) is 5.92 Å². The average molecular weight is 486 g/mol. The Morgan fingerprint density at radius 1 is 1.16 bits per heavy atom. The third-order valence-corrected chi connectivity index (χ3v) is 7.47. The number of nitrogens with one attached hydrogen (secondary N) is 1. The Morgan fingerprint density at radius 3 is 2.59 bits per heavy atom. The molecule has 1 aliphatic carbocycles. The molecule has 0 aliphatic heterocycles. The first-order chi connectivity index (χ1) is 14.9. The number of fused-ring (bicyclic) bond motifs is 1. The van der Waals surface area contributed by atoms with Crippen LogP contribution in [0.2, 0.25) is 5.02 Å². The summed E-state index contributed by atoms with van der Waals surface area (Å²) in [4.78, 5) is 10.8. The van der Waals surface area contributed by atoms with E-state index in [-0.39, 0.29) is 48.2 Å². The Bertz CT molecular complexity index is 1030. The molecule has 2 aromatic carbocycles. The summed E-state index contributed by atoms with van der Waals surface area (Å²) in [7, 11) is -3.57. The number of carboxylic acids is 1. The number of allylic oxidation sites excluding steroid dienone is 2. The number of hydrogen-bond donors (Lipinski definition) is 2. The Hall–Kier alpha value is -1.15. The van der Waals surface area contributed by atoms with E-state index in [4.69, 9.17) is 16.7 Å². The van der Waals surface area contributed by atoms with Crippen LogP contribution < -0.4 is 34.3 Å². The van der Waals surface area contributed by atoms with Crippen molar-refractivity contribution in [2.75, 3.05) is 6.54 Å². The summed E-state index contributed by atoms with van der Waals surface area (Å²) in [6, 6.07) is 14.5. The van der Waals surface area contributed by atoms with Gasteiger partial charge in [0.2, 0.25) is 10.0 Å². The smallest absolute Gasteiger partial charge is 1.00 e. The maximum absolute atomic E-state index is 12.6. The fourth-order valence-corrected chi connectivity index (χ4v) is 5.38. The molecule has 168 valence electrons. The summed E-state index contributed by atoms with van der Waals surface area (Å²) < 4.78 is 27.8. The third kappa shape index (κ3) is 7.72. The van der Waals surface area contributed by atoms with Crippen LogP contribution >= 0.6 is 11.6 Å². The molecule has 0 saturated heterocycles. The van der Waals surface area contributed by atoms with Gasteiger partial charge in [0.15, 0.2) is 0 Å². The van der Waals surface area contributed by atoms with Gasteiger partial charge in [0.25, 0.3) is 0 Å². The number of halogens is 1. The molecule has 1 aliphatic rings. The maximum Gasteiger partial charge on any atom is 1.00 e. The molecule has 8 heteroatoms. The van der Waals surface area contributed by atoms with Crippen LogP contribution in [0.4, 0.5) is 0 Å². The van der Waals surface area contributed by atoms with E-state index in [1.165, 1.54) is 23.3 Å². The number of sulfonamides is 1.